The summed E-state index contributed by atoms with van der Waals surface area (Å²) in [4.78, 5) is 48.1. The van der Waals surface area contributed by atoms with Crippen LogP contribution >= 0.6 is 7.60 Å². The summed E-state index contributed by atoms with van der Waals surface area (Å²) in [6.45, 7) is 4.52. The molecule has 0 fully saturated rings. The molecule has 0 bridgehead atoms. The van der Waals surface area contributed by atoms with Crippen molar-refractivity contribution in [3.8, 4) is 0 Å². The SMILES string of the molecule is CC(C)C[C@H](NC(CCN1Cc2cccc3cccc(c23)C1=O)P(=O)(OCc1ccccc1)OCc1ccccc1)C(=O)N[C@@H](Cc1c[nH]c2ccccc12)C(=O)OCc1ccccc1. The first-order chi connectivity index (χ1) is 31.6. The summed E-state index contributed by atoms with van der Waals surface area (Å²) in [5.74, 6) is -2.27. The van der Waals surface area contributed by atoms with Crippen LogP contribution in [0.15, 0.2) is 158 Å². The van der Waals surface area contributed by atoms with Crippen molar-refractivity contribution in [2.24, 2.45) is 5.92 Å². The van der Waals surface area contributed by atoms with Crippen LogP contribution in [-0.2, 0) is 60.7 Å². The van der Waals surface area contributed by atoms with Gasteiger partial charge >= 0.3 is 13.6 Å². The number of aromatic nitrogens is 1. The number of para-hydroxylation sites is 1. The number of esters is 1. The van der Waals surface area contributed by atoms with Crippen LogP contribution in [0.25, 0.3) is 21.7 Å². The van der Waals surface area contributed by atoms with Crippen LogP contribution in [0.5, 0.6) is 0 Å². The lowest BCUT2D eigenvalue weighted by atomic mass is 9.94. The minimum Gasteiger partial charge on any atom is -0.459 e. The first kappa shape index (κ1) is 45.2. The number of carbonyl (C=O) groups excluding carboxylic acids is 3. The molecular weight excluding hydrogens is 836 g/mol. The zero-order chi connectivity index (χ0) is 45.2. The molecule has 12 heteroatoms. The van der Waals surface area contributed by atoms with Crippen molar-refractivity contribution in [2.45, 2.75) is 77.3 Å². The topological polar surface area (TPSA) is 139 Å². The van der Waals surface area contributed by atoms with E-state index in [0.717, 1.165) is 49.5 Å². The average Bonchev–Trinajstić information content (AvgIpc) is 3.74. The molecule has 0 saturated heterocycles. The van der Waals surface area contributed by atoms with Crippen LogP contribution in [0, 0.1) is 5.92 Å². The molecule has 3 atom stereocenters. The van der Waals surface area contributed by atoms with Gasteiger partial charge in [-0.1, -0.05) is 153 Å². The highest BCUT2D eigenvalue weighted by atomic mass is 31.2. The Bertz CT molecular complexity index is 2710. The van der Waals surface area contributed by atoms with Crippen molar-refractivity contribution in [1.82, 2.24) is 20.5 Å². The van der Waals surface area contributed by atoms with Gasteiger partial charge in [-0.05, 0) is 69.5 Å². The highest BCUT2D eigenvalue weighted by molar-refractivity contribution is 7.54. The molecule has 0 spiro atoms. The summed E-state index contributed by atoms with van der Waals surface area (Å²) in [6, 6.07) is 45.7. The predicted molar refractivity (Wildman–Crippen MR) is 254 cm³/mol. The van der Waals surface area contributed by atoms with Crippen LogP contribution in [-0.4, -0.2) is 52.1 Å². The van der Waals surface area contributed by atoms with Crippen LogP contribution < -0.4 is 10.6 Å². The summed E-state index contributed by atoms with van der Waals surface area (Å²) >= 11 is 0. The maximum absolute atomic E-state index is 15.7. The number of rotatable bonds is 21. The normalized spacial score (nSPS) is 14.1. The molecule has 3 N–H and O–H groups in total. The second-order valence-corrected chi connectivity index (χ2v) is 19.2. The molecule has 334 valence electrons. The van der Waals surface area contributed by atoms with E-state index >= 15 is 4.57 Å². The van der Waals surface area contributed by atoms with Crippen molar-refractivity contribution in [3.05, 3.63) is 191 Å². The molecule has 11 nitrogen and oxygen atoms in total. The number of H-pyrrole nitrogens is 1. The number of aromatic amines is 1. The quantitative estimate of drug-likeness (QED) is 0.0479. The predicted octanol–water partition coefficient (Wildman–Crippen LogP) is 10.1. The molecule has 65 heavy (non-hydrogen) atoms. The Morgan fingerprint density at radius 2 is 1.32 bits per heavy atom. The zero-order valence-corrected chi connectivity index (χ0v) is 37.6. The molecule has 1 aliphatic heterocycles. The second kappa shape index (κ2) is 21.1. The van der Waals surface area contributed by atoms with Gasteiger partial charge in [0, 0.05) is 42.2 Å². The summed E-state index contributed by atoms with van der Waals surface area (Å²) in [7, 11) is -4.19. The summed E-state index contributed by atoms with van der Waals surface area (Å²) < 4.78 is 34.4. The van der Waals surface area contributed by atoms with Crippen molar-refractivity contribution < 1.29 is 32.7 Å². The third kappa shape index (κ3) is 11.3. The number of hydrogen-bond donors (Lipinski definition) is 3. The number of fused-ring (bicyclic) bond motifs is 1. The molecule has 2 amide bonds. The van der Waals surface area contributed by atoms with Gasteiger partial charge < -0.3 is 29.0 Å². The molecule has 0 radical (unpaired) electrons. The number of nitrogens with one attached hydrogen (secondary N) is 3. The molecule has 2 heterocycles. The van der Waals surface area contributed by atoms with E-state index in [-0.39, 0.29) is 51.0 Å². The van der Waals surface area contributed by atoms with Crippen LogP contribution in [0.2, 0.25) is 0 Å². The van der Waals surface area contributed by atoms with E-state index in [1.54, 1.807) is 4.90 Å². The highest BCUT2D eigenvalue weighted by Crippen LogP contribution is 2.55. The summed E-state index contributed by atoms with van der Waals surface area (Å²) in [5.41, 5.74) is 5.76. The Hall–Kier alpha value is -6.36. The van der Waals surface area contributed by atoms with Gasteiger partial charge in [-0.2, -0.15) is 0 Å². The molecule has 1 unspecified atom stereocenters. The average molecular weight is 891 g/mol. The number of carbonyl (C=O) groups is 3. The first-order valence-electron chi connectivity index (χ1n) is 22.2. The lowest BCUT2D eigenvalue weighted by molar-refractivity contribution is -0.149. The van der Waals surface area contributed by atoms with Gasteiger partial charge in [0.2, 0.25) is 5.91 Å². The van der Waals surface area contributed by atoms with Gasteiger partial charge in [-0.25, -0.2) is 4.79 Å². The maximum Gasteiger partial charge on any atom is 0.348 e. The van der Waals surface area contributed by atoms with E-state index < -0.39 is 37.3 Å². The van der Waals surface area contributed by atoms with Crippen LogP contribution in [0.3, 0.4) is 0 Å². The Labute approximate surface area is 380 Å². The molecule has 8 rings (SSSR count). The lowest BCUT2D eigenvalue weighted by Gasteiger charge is -2.34. The van der Waals surface area contributed by atoms with E-state index in [1.165, 1.54) is 0 Å². The minimum atomic E-state index is -4.19. The molecule has 6 aromatic carbocycles. The molecule has 0 saturated carbocycles. The second-order valence-electron chi connectivity index (χ2n) is 17.0. The fraction of sp³-hybridized carbons (Fsp3) is 0.264. The Kier molecular flexibility index (Phi) is 14.7. The third-order valence-corrected chi connectivity index (χ3v) is 13.9. The van der Waals surface area contributed by atoms with Gasteiger partial charge in [0.05, 0.1) is 19.3 Å². The molecular formula is C53H55N4O7P. The van der Waals surface area contributed by atoms with Crippen molar-refractivity contribution in [3.63, 3.8) is 0 Å². The fourth-order valence-electron chi connectivity index (χ4n) is 8.43. The van der Waals surface area contributed by atoms with Crippen molar-refractivity contribution >= 4 is 47.1 Å². The summed E-state index contributed by atoms with van der Waals surface area (Å²) in [5, 5.41) is 9.37. The molecule has 0 aliphatic carbocycles. The van der Waals surface area contributed by atoms with E-state index in [9.17, 15) is 14.4 Å². The maximum atomic E-state index is 15.7. The molecule has 1 aliphatic rings. The Morgan fingerprint density at radius 1 is 0.723 bits per heavy atom. The smallest absolute Gasteiger partial charge is 0.348 e. The van der Waals surface area contributed by atoms with Gasteiger partial charge in [-0.15, -0.1) is 0 Å². The standard InChI is InChI=1S/C53H55N4O7P/c1-37(2)30-47(51(58)56-48(53(60)62-34-38-16-6-3-7-17-38)31-43-32-54-46-27-13-12-25-44(43)46)55-49(28-29-57-33-42-24-14-22-41-23-15-26-45(50(41)42)52(57)59)65(61,63-35-39-18-8-4-9-19-39)64-36-40-20-10-5-11-21-40/h3-27,32,37,47-49,54-55H,28-31,33-36H2,1-2H3,(H,56,58)/t47-,48-,49?/m0/s1. The lowest BCUT2D eigenvalue weighted by Crippen LogP contribution is -2.54. The number of ether oxygens (including phenoxy) is 1. The van der Waals surface area contributed by atoms with Crippen molar-refractivity contribution in [1.29, 1.82) is 0 Å². The van der Waals surface area contributed by atoms with Crippen LogP contribution in [0.4, 0.5) is 0 Å². The number of amides is 2. The minimum absolute atomic E-state index is 0.00785. The summed E-state index contributed by atoms with van der Waals surface area (Å²) in [6.07, 6.45) is 2.44. The highest BCUT2D eigenvalue weighted by Gasteiger charge is 2.41. The van der Waals surface area contributed by atoms with Crippen LogP contribution in [0.1, 0.15) is 64.9 Å². The largest absolute Gasteiger partial charge is 0.459 e. The third-order valence-electron chi connectivity index (χ3n) is 11.8. The van der Waals surface area contributed by atoms with Gasteiger partial charge in [0.1, 0.15) is 18.4 Å². The first-order valence-corrected chi connectivity index (χ1v) is 23.8. The number of nitrogens with zero attached hydrogens (tertiary/aromatic N) is 1. The van der Waals surface area contributed by atoms with Crippen molar-refractivity contribution in [2.75, 3.05) is 6.54 Å². The van der Waals surface area contributed by atoms with Gasteiger partial charge in [-0.3, -0.25) is 19.5 Å². The molecule has 1 aromatic heterocycles. The Balaban J connectivity index is 1.11. The van der Waals surface area contributed by atoms with E-state index in [1.807, 2.05) is 172 Å². The number of benzene rings is 6. The van der Waals surface area contributed by atoms with Gasteiger partial charge in [0.25, 0.3) is 5.91 Å². The van der Waals surface area contributed by atoms with E-state index in [0.29, 0.717) is 18.5 Å². The number of hydrogen-bond acceptors (Lipinski definition) is 8. The monoisotopic (exact) mass is 890 g/mol. The van der Waals surface area contributed by atoms with E-state index in [4.69, 9.17) is 13.8 Å². The Morgan fingerprint density at radius 3 is 1.97 bits per heavy atom. The molecule has 7 aromatic rings. The van der Waals surface area contributed by atoms with Gasteiger partial charge in [0.15, 0.2) is 0 Å². The van der Waals surface area contributed by atoms with E-state index in [2.05, 4.69) is 15.6 Å². The fourth-order valence-corrected chi connectivity index (χ4v) is 10.3. The zero-order valence-electron chi connectivity index (χ0n) is 36.7.